The first-order chi connectivity index (χ1) is 12.2. The third-order valence-electron chi connectivity index (χ3n) is 4.01. The van der Waals surface area contributed by atoms with E-state index >= 15 is 0 Å². The van der Waals surface area contributed by atoms with Gasteiger partial charge in [-0.05, 0) is 24.3 Å². The van der Waals surface area contributed by atoms with Crippen LogP contribution in [-0.4, -0.2) is 25.0 Å². The zero-order valence-corrected chi connectivity index (χ0v) is 13.4. The first kappa shape index (κ1) is 15.3. The van der Waals surface area contributed by atoms with Crippen LogP contribution in [0.1, 0.15) is 16.1 Å². The Hall–Kier alpha value is -3.28. The molecule has 4 rings (SSSR count). The van der Waals surface area contributed by atoms with Gasteiger partial charge in [-0.15, -0.1) is 0 Å². The fourth-order valence-electron chi connectivity index (χ4n) is 2.85. The number of amides is 2. The molecular formula is C19H16N2O4. The largest absolute Gasteiger partial charge is 0.481 e. The second kappa shape index (κ2) is 6.32. The number of hydrogen-bond acceptors (Lipinski definition) is 4. The minimum absolute atomic E-state index is 0.0870. The van der Waals surface area contributed by atoms with E-state index in [-0.39, 0.29) is 18.4 Å². The molecule has 0 saturated carbocycles. The average molecular weight is 336 g/mol. The first-order valence-corrected chi connectivity index (χ1v) is 8.02. The lowest BCUT2D eigenvalue weighted by Gasteiger charge is -2.20. The summed E-state index contributed by atoms with van der Waals surface area (Å²) in [6.45, 7) is 0.352. The molecule has 2 N–H and O–H groups in total. The van der Waals surface area contributed by atoms with Crippen molar-refractivity contribution in [1.82, 2.24) is 5.32 Å². The highest BCUT2D eigenvalue weighted by atomic mass is 16.5. The second-order valence-electron chi connectivity index (χ2n) is 5.78. The van der Waals surface area contributed by atoms with Gasteiger partial charge in [-0.25, -0.2) is 0 Å². The minimum atomic E-state index is -0.246. The van der Waals surface area contributed by atoms with Crippen LogP contribution in [0.5, 0.6) is 5.75 Å². The number of fused-ring (bicyclic) bond motifs is 2. The molecular weight excluding hydrogens is 320 g/mol. The van der Waals surface area contributed by atoms with Gasteiger partial charge >= 0.3 is 0 Å². The molecule has 0 fully saturated rings. The Kier molecular flexibility index (Phi) is 3.85. The molecule has 0 atom stereocenters. The van der Waals surface area contributed by atoms with Gasteiger partial charge in [-0.1, -0.05) is 24.3 Å². The molecule has 126 valence electrons. The summed E-state index contributed by atoms with van der Waals surface area (Å²) < 4.78 is 11.1. The number of carbonyl (C=O) groups is 2. The predicted octanol–water partition coefficient (Wildman–Crippen LogP) is 2.74. The van der Waals surface area contributed by atoms with E-state index in [0.29, 0.717) is 30.0 Å². The lowest BCUT2D eigenvalue weighted by atomic mass is 10.1. The number of benzene rings is 2. The molecule has 6 nitrogen and oxygen atoms in total. The van der Waals surface area contributed by atoms with E-state index in [4.69, 9.17) is 9.15 Å². The van der Waals surface area contributed by atoms with Gasteiger partial charge in [0.15, 0.2) is 12.4 Å². The molecule has 1 aromatic heterocycles. The zero-order valence-electron chi connectivity index (χ0n) is 13.4. The number of nitrogens with one attached hydrogen (secondary N) is 2. The maximum Gasteiger partial charge on any atom is 0.262 e. The van der Waals surface area contributed by atoms with Gasteiger partial charge < -0.3 is 19.8 Å². The SMILES string of the molecule is O=C1COc2c(cccc2C(=O)NCCc2cc3ccccc3o2)N1. The molecule has 0 aliphatic carbocycles. The van der Waals surface area contributed by atoms with Gasteiger partial charge in [0.25, 0.3) is 11.8 Å². The standard InChI is InChI=1S/C19H16N2O4/c22-17-11-24-18-14(5-3-6-15(18)21-17)19(23)20-9-8-13-10-12-4-1-2-7-16(12)25-13/h1-7,10H,8-9,11H2,(H,20,23)(H,21,22). The quantitative estimate of drug-likeness (QED) is 0.768. The molecule has 0 spiro atoms. The number of hydrogen-bond donors (Lipinski definition) is 2. The highest BCUT2D eigenvalue weighted by molar-refractivity contribution is 6.03. The normalized spacial score (nSPS) is 13.0. The number of furan rings is 1. The van der Waals surface area contributed by atoms with Crippen molar-refractivity contribution in [2.24, 2.45) is 0 Å². The highest BCUT2D eigenvalue weighted by Crippen LogP contribution is 2.31. The fraction of sp³-hybridized carbons (Fsp3) is 0.158. The van der Waals surface area contributed by atoms with Gasteiger partial charge in [0, 0.05) is 18.4 Å². The van der Waals surface area contributed by atoms with Gasteiger partial charge in [-0.3, -0.25) is 9.59 Å². The number of anilines is 1. The van der Waals surface area contributed by atoms with Crippen LogP contribution >= 0.6 is 0 Å². The summed E-state index contributed by atoms with van der Waals surface area (Å²) in [7, 11) is 0. The molecule has 0 radical (unpaired) electrons. The minimum Gasteiger partial charge on any atom is -0.481 e. The van der Waals surface area contributed by atoms with E-state index in [1.807, 2.05) is 30.3 Å². The fourth-order valence-corrected chi connectivity index (χ4v) is 2.85. The van der Waals surface area contributed by atoms with Gasteiger partial charge in [-0.2, -0.15) is 0 Å². The van der Waals surface area contributed by atoms with Crippen LogP contribution in [0.2, 0.25) is 0 Å². The van der Waals surface area contributed by atoms with E-state index in [1.54, 1.807) is 18.2 Å². The summed E-state index contributed by atoms with van der Waals surface area (Å²) >= 11 is 0. The van der Waals surface area contributed by atoms with E-state index in [1.165, 1.54) is 0 Å². The van der Waals surface area contributed by atoms with Crippen LogP contribution in [-0.2, 0) is 11.2 Å². The number of para-hydroxylation sites is 2. The topological polar surface area (TPSA) is 80.6 Å². The predicted molar refractivity (Wildman–Crippen MR) is 92.8 cm³/mol. The molecule has 0 bridgehead atoms. The Bertz CT molecular complexity index is 928. The van der Waals surface area contributed by atoms with E-state index in [9.17, 15) is 9.59 Å². The Morgan fingerprint density at radius 1 is 1.16 bits per heavy atom. The van der Waals surface area contributed by atoms with Crippen LogP contribution in [0.25, 0.3) is 11.0 Å². The van der Waals surface area contributed by atoms with Crippen molar-refractivity contribution in [3.05, 3.63) is 59.9 Å². The summed E-state index contributed by atoms with van der Waals surface area (Å²) in [6.07, 6.45) is 0.590. The highest BCUT2D eigenvalue weighted by Gasteiger charge is 2.22. The van der Waals surface area contributed by atoms with Crippen molar-refractivity contribution in [3.63, 3.8) is 0 Å². The van der Waals surface area contributed by atoms with Gasteiger partial charge in [0.1, 0.15) is 11.3 Å². The molecule has 2 aromatic carbocycles. The van der Waals surface area contributed by atoms with E-state index in [2.05, 4.69) is 10.6 Å². The number of ether oxygens (including phenoxy) is 1. The maximum absolute atomic E-state index is 12.4. The van der Waals surface area contributed by atoms with Crippen LogP contribution in [0.3, 0.4) is 0 Å². The van der Waals surface area contributed by atoms with Crippen LogP contribution in [0, 0.1) is 0 Å². The lowest BCUT2D eigenvalue weighted by molar-refractivity contribution is -0.118. The number of carbonyl (C=O) groups excluding carboxylic acids is 2. The van der Waals surface area contributed by atoms with E-state index < -0.39 is 0 Å². The molecule has 0 saturated heterocycles. The molecule has 1 aliphatic heterocycles. The Balaban J connectivity index is 1.42. The maximum atomic E-state index is 12.4. The summed E-state index contributed by atoms with van der Waals surface area (Å²) in [5.74, 6) is 0.752. The smallest absolute Gasteiger partial charge is 0.262 e. The lowest BCUT2D eigenvalue weighted by Crippen LogP contribution is -2.30. The molecule has 2 heterocycles. The van der Waals surface area contributed by atoms with Gasteiger partial charge in [0.2, 0.25) is 0 Å². The van der Waals surface area contributed by atoms with Crippen molar-refractivity contribution in [3.8, 4) is 5.75 Å². The van der Waals surface area contributed by atoms with Crippen molar-refractivity contribution in [1.29, 1.82) is 0 Å². The van der Waals surface area contributed by atoms with Crippen molar-refractivity contribution in [2.45, 2.75) is 6.42 Å². The average Bonchev–Trinajstić information content (AvgIpc) is 3.03. The summed E-state index contributed by atoms with van der Waals surface area (Å²) in [5, 5.41) is 6.60. The van der Waals surface area contributed by atoms with Crippen LogP contribution < -0.4 is 15.4 Å². The third-order valence-corrected chi connectivity index (χ3v) is 4.01. The summed E-state index contributed by atoms with van der Waals surface area (Å²) in [6, 6.07) is 14.9. The number of rotatable bonds is 4. The molecule has 1 aliphatic rings. The van der Waals surface area contributed by atoms with Crippen molar-refractivity contribution >= 4 is 28.5 Å². The molecule has 0 unspecified atom stereocenters. The van der Waals surface area contributed by atoms with Crippen LogP contribution in [0.15, 0.2) is 52.9 Å². The Morgan fingerprint density at radius 2 is 2.04 bits per heavy atom. The monoisotopic (exact) mass is 336 g/mol. The third kappa shape index (κ3) is 3.06. The first-order valence-electron chi connectivity index (χ1n) is 8.02. The molecule has 25 heavy (non-hydrogen) atoms. The second-order valence-corrected chi connectivity index (χ2v) is 5.78. The molecule has 3 aromatic rings. The zero-order chi connectivity index (χ0) is 17.2. The summed E-state index contributed by atoms with van der Waals surface area (Å²) in [5.41, 5.74) is 1.76. The van der Waals surface area contributed by atoms with Gasteiger partial charge in [0.05, 0.1) is 11.3 Å². The molecule has 6 heteroatoms. The Morgan fingerprint density at radius 3 is 2.92 bits per heavy atom. The summed E-state index contributed by atoms with van der Waals surface area (Å²) in [4.78, 5) is 23.8. The van der Waals surface area contributed by atoms with Crippen LogP contribution in [0.4, 0.5) is 5.69 Å². The molecule has 2 amide bonds. The van der Waals surface area contributed by atoms with Crippen molar-refractivity contribution in [2.75, 3.05) is 18.5 Å². The van der Waals surface area contributed by atoms with Crippen molar-refractivity contribution < 1.29 is 18.7 Å². The van der Waals surface area contributed by atoms with E-state index in [0.717, 1.165) is 16.7 Å². The Labute approximate surface area is 143 Å².